The van der Waals surface area contributed by atoms with E-state index in [4.69, 9.17) is 9.47 Å². The molecule has 0 bridgehead atoms. The van der Waals surface area contributed by atoms with E-state index in [9.17, 15) is 9.59 Å². The number of ether oxygens (including phenoxy) is 2. The molecule has 4 unspecified atom stereocenters. The van der Waals surface area contributed by atoms with Gasteiger partial charge in [-0.25, -0.2) is 9.36 Å². The second kappa shape index (κ2) is 21.3. The molecule has 1 aromatic heterocycles. The summed E-state index contributed by atoms with van der Waals surface area (Å²) in [6.45, 7) is 14.7. The highest BCUT2D eigenvalue weighted by atomic mass is 16.5. The van der Waals surface area contributed by atoms with Gasteiger partial charge in [-0.1, -0.05) is 97.8 Å². The minimum Gasteiger partial charge on any atom is -0.462 e. The van der Waals surface area contributed by atoms with Crippen molar-refractivity contribution in [1.29, 1.82) is 0 Å². The van der Waals surface area contributed by atoms with Crippen LogP contribution in [0.25, 0.3) is 0 Å². The monoisotopic (exact) mass is 611 g/mol. The van der Waals surface area contributed by atoms with Gasteiger partial charge in [0.1, 0.15) is 12.5 Å². The van der Waals surface area contributed by atoms with Crippen molar-refractivity contribution in [3.63, 3.8) is 0 Å². The lowest BCUT2D eigenvalue weighted by Crippen LogP contribution is -2.40. The molecule has 1 aromatic rings. The average molecular weight is 612 g/mol. The summed E-state index contributed by atoms with van der Waals surface area (Å²) in [5.41, 5.74) is 2.64. The van der Waals surface area contributed by atoms with Gasteiger partial charge in [-0.2, -0.15) is 0 Å². The second-order valence-electron chi connectivity index (χ2n) is 13.0. The lowest BCUT2D eigenvalue weighted by atomic mass is 9.76. The van der Waals surface area contributed by atoms with Crippen LogP contribution in [0.2, 0.25) is 0 Å². The number of aromatic nitrogens is 1. The maximum atomic E-state index is 13.5. The third-order valence-corrected chi connectivity index (χ3v) is 9.09. The number of carbonyl (C=O) groups is 2. The van der Waals surface area contributed by atoms with Crippen LogP contribution in [-0.4, -0.2) is 29.9 Å². The van der Waals surface area contributed by atoms with Gasteiger partial charge in [0.2, 0.25) is 0 Å². The first-order valence-corrected chi connectivity index (χ1v) is 17.9. The fourth-order valence-electron chi connectivity index (χ4n) is 6.01. The predicted octanol–water partition coefficient (Wildman–Crippen LogP) is 9.59. The topological polar surface area (TPSA) is 68.8 Å². The molecule has 0 N–H and O–H groups in total. The van der Waals surface area contributed by atoms with Crippen LogP contribution in [0, 0.1) is 5.92 Å². The number of pyridine rings is 1. The van der Waals surface area contributed by atoms with Gasteiger partial charge in [-0.15, -0.1) is 0 Å². The largest absolute Gasteiger partial charge is 0.462 e. The second-order valence-corrected chi connectivity index (χ2v) is 13.0. The molecule has 44 heavy (non-hydrogen) atoms. The Morgan fingerprint density at radius 3 is 1.86 bits per heavy atom. The number of aliphatic imine (C=N–C) groups is 1. The third-order valence-electron chi connectivity index (χ3n) is 9.09. The van der Waals surface area contributed by atoms with Crippen molar-refractivity contribution in [3.05, 3.63) is 41.4 Å². The van der Waals surface area contributed by atoms with Crippen LogP contribution in [0.1, 0.15) is 163 Å². The van der Waals surface area contributed by atoms with E-state index < -0.39 is 17.8 Å². The van der Waals surface area contributed by atoms with E-state index in [1.54, 1.807) is 0 Å². The summed E-state index contributed by atoms with van der Waals surface area (Å²) in [6.07, 6.45) is 23.9. The summed E-state index contributed by atoms with van der Waals surface area (Å²) < 4.78 is 13.8. The molecule has 1 aliphatic heterocycles. The van der Waals surface area contributed by atoms with Crippen LogP contribution in [0.15, 0.2) is 40.8 Å². The van der Waals surface area contributed by atoms with Crippen LogP contribution in [0.3, 0.4) is 0 Å². The van der Waals surface area contributed by atoms with Gasteiger partial charge in [-0.05, 0) is 53.0 Å². The Labute approximate surface area is 269 Å². The zero-order valence-corrected chi connectivity index (χ0v) is 29.2. The van der Waals surface area contributed by atoms with E-state index in [1.807, 2.05) is 53.7 Å². The van der Waals surface area contributed by atoms with E-state index in [0.717, 1.165) is 31.4 Å². The summed E-state index contributed by atoms with van der Waals surface area (Å²) in [7, 11) is 0. The summed E-state index contributed by atoms with van der Waals surface area (Å²) >= 11 is 0. The van der Waals surface area contributed by atoms with Gasteiger partial charge in [0.15, 0.2) is 12.4 Å². The number of aryl methyl sites for hydroxylation is 1. The number of hydrogen-bond acceptors (Lipinski definition) is 5. The SMILES string of the molecule is CCCCCCCCCCCCCCCC[n+]1cccc(C2C(C(=O)OC(C)CC)=C(C)N=C(C)C2C(=O)OC(C)CC)c1. The molecule has 0 aliphatic carbocycles. The lowest BCUT2D eigenvalue weighted by Gasteiger charge is -2.32. The molecule has 0 radical (unpaired) electrons. The van der Waals surface area contributed by atoms with Gasteiger partial charge in [0, 0.05) is 35.4 Å². The Bertz CT molecular complexity index is 1060. The molecule has 0 spiro atoms. The number of unbranched alkanes of at least 4 members (excludes halogenated alkanes) is 13. The van der Waals surface area contributed by atoms with Crippen molar-refractivity contribution in [2.45, 2.75) is 176 Å². The molecule has 2 heterocycles. The zero-order valence-electron chi connectivity index (χ0n) is 29.2. The molecule has 248 valence electrons. The number of rotatable bonds is 22. The molecule has 6 nitrogen and oxygen atoms in total. The van der Waals surface area contributed by atoms with Crippen molar-refractivity contribution in [2.24, 2.45) is 10.9 Å². The Morgan fingerprint density at radius 2 is 1.32 bits per heavy atom. The van der Waals surface area contributed by atoms with E-state index in [2.05, 4.69) is 28.9 Å². The Morgan fingerprint density at radius 1 is 0.795 bits per heavy atom. The van der Waals surface area contributed by atoms with Crippen LogP contribution in [0.4, 0.5) is 0 Å². The quantitative estimate of drug-likeness (QED) is 0.0744. The molecule has 0 saturated heterocycles. The highest BCUT2D eigenvalue weighted by molar-refractivity contribution is 6.07. The smallest absolute Gasteiger partial charge is 0.336 e. The van der Waals surface area contributed by atoms with E-state index >= 15 is 0 Å². The van der Waals surface area contributed by atoms with E-state index in [0.29, 0.717) is 17.0 Å². The van der Waals surface area contributed by atoms with Crippen molar-refractivity contribution < 1.29 is 23.6 Å². The van der Waals surface area contributed by atoms with Crippen molar-refractivity contribution in [1.82, 2.24) is 0 Å². The normalized spacial score (nSPS) is 18.1. The van der Waals surface area contributed by atoms with Crippen molar-refractivity contribution in [2.75, 3.05) is 0 Å². The highest BCUT2D eigenvalue weighted by Crippen LogP contribution is 2.40. The summed E-state index contributed by atoms with van der Waals surface area (Å²) in [6, 6.07) is 4.03. The molecule has 0 saturated carbocycles. The molecule has 0 fully saturated rings. The first-order chi connectivity index (χ1) is 21.2. The fourth-order valence-corrected chi connectivity index (χ4v) is 6.01. The van der Waals surface area contributed by atoms with Gasteiger partial charge < -0.3 is 9.47 Å². The molecular weight excluding hydrogens is 548 g/mol. The Balaban J connectivity index is 2.00. The van der Waals surface area contributed by atoms with E-state index in [-0.39, 0.29) is 18.2 Å². The molecule has 4 atom stereocenters. The van der Waals surface area contributed by atoms with Crippen molar-refractivity contribution >= 4 is 17.7 Å². The lowest BCUT2D eigenvalue weighted by molar-refractivity contribution is -0.697. The number of nitrogens with zero attached hydrogens (tertiary/aromatic N) is 2. The maximum absolute atomic E-state index is 13.5. The number of hydrogen-bond donors (Lipinski definition) is 0. The van der Waals surface area contributed by atoms with Gasteiger partial charge in [-0.3, -0.25) is 9.79 Å². The van der Waals surface area contributed by atoms with Crippen molar-refractivity contribution in [3.8, 4) is 0 Å². The maximum Gasteiger partial charge on any atom is 0.336 e. The Hall–Kier alpha value is -2.50. The van der Waals surface area contributed by atoms with Gasteiger partial charge >= 0.3 is 11.9 Å². The van der Waals surface area contributed by atoms with Crippen LogP contribution >= 0.6 is 0 Å². The minimum absolute atomic E-state index is 0.209. The minimum atomic E-state index is -0.677. The Kier molecular flexibility index (Phi) is 18.2. The highest BCUT2D eigenvalue weighted by Gasteiger charge is 2.44. The summed E-state index contributed by atoms with van der Waals surface area (Å²) in [4.78, 5) is 31.7. The van der Waals surface area contributed by atoms with E-state index in [1.165, 1.54) is 83.5 Å². The molecule has 0 aromatic carbocycles. The number of allylic oxidation sites excluding steroid dienone is 1. The van der Waals surface area contributed by atoms with Crippen LogP contribution < -0.4 is 4.57 Å². The first-order valence-electron chi connectivity index (χ1n) is 17.9. The van der Waals surface area contributed by atoms with Gasteiger partial charge in [0.25, 0.3) is 0 Å². The number of esters is 2. The summed E-state index contributed by atoms with van der Waals surface area (Å²) in [5.74, 6) is -1.93. The molecule has 0 amide bonds. The molecule has 6 heteroatoms. The fraction of sp³-hybridized carbons (Fsp3) is 0.737. The first kappa shape index (κ1) is 37.7. The van der Waals surface area contributed by atoms with Crippen LogP contribution in [-0.2, 0) is 25.6 Å². The van der Waals surface area contributed by atoms with Crippen LogP contribution in [0.5, 0.6) is 0 Å². The predicted molar refractivity (Wildman–Crippen MR) is 181 cm³/mol. The van der Waals surface area contributed by atoms with Gasteiger partial charge in [0.05, 0.1) is 17.8 Å². The molecule has 1 aliphatic rings. The average Bonchev–Trinajstić information content (AvgIpc) is 3.00. The molecule has 2 rings (SSSR count). The molecular formula is C38H63N2O4+. The number of carbonyl (C=O) groups excluding carboxylic acids is 2. The summed E-state index contributed by atoms with van der Waals surface area (Å²) in [5, 5.41) is 0. The third kappa shape index (κ3) is 12.9. The standard InChI is InChI=1S/C38H63N2O4/c1-8-11-12-13-14-15-16-17-18-19-20-21-22-23-26-40-27-24-25-33(28-40)36-34(37(41)43-29(4)9-2)31(6)39-32(7)35(36)38(42)44-30(5)10-3/h24-25,27-30,34,36H,8-23,26H2,1-7H3/q+1. The zero-order chi connectivity index (χ0) is 32.3.